The fraction of sp³-hybridized carbons (Fsp3) is 0.194. The molecule has 4 nitrogen and oxygen atoms in total. The molecular weight excluding hydrogens is 908 g/mol. The lowest BCUT2D eigenvalue weighted by atomic mass is 9.43. The highest BCUT2D eigenvalue weighted by Gasteiger charge is 2.48. The van der Waals surface area contributed by atoms with Crippen molar-refractivity contribution in [3.05, 3.63) is 198 Å². The van der Waals surface area contributed by atoms with Crippen LogP contribution in [-0.2, 0) is 16.2 Å². The molecule has 0 amide bonds. The van der Waals surface area contributed by atoms with Crippen LogP contribution in [0.2, 0.25) is 0 Å². The van der Waals surface area contributed by atoms with Gasteiger partial charge in [0.25, 0.3) is 0 Å². The summed E-state index contributed by atoms with van der Waals surface area (Å²) in [5, 5.41) is 2.24. The van der Waals surface area contributed by atoms with Crippen molar-refractivity contribution in [2.45, 2.75) is 94.3 Å². The van der Waals surface area contributed by atoms with Crippen molar-refractivity contribution in [3.63, 3.8) is 0 Å². The van der Waals surface area contributed by atoms with Crippen LogP contribution < -0.4 is 25.4 Å². The van der Waals surface area contributed by atoms with E-state index in [0.29, 0.717) is 0 Å². The molecule has 0 saturated carbocycles. The molecule has 73 heavy (non-hydrogen) atoms. The highest BCUT2D eigenvalue weighted by Crippen LogP contribution is 2.57. The molecule has 0 atom stereocenters. The Morgan fingerprint density at radius 3 is 1.99 bits per heavy atom. The van der Waals surface area contributed by atoms with Gasteiger partial charge >= 0.3 is 6.85 Å². The molecule has 0 bridgehead atoms. The van der Waals surface area contributed by atoms with Crippen molar-refractivity contribution in [3.8, 4) is 44.9 Å². The second kappa shape index (κ2) is 15.8. The van der Waals surface area contributed by atoms with Gasteiger partial charge in [-0.3, -0.25) is 0 Å². The number of aryl methyl sites for hydroxylation is 1. The van der Waals surface area contributed by atoms with Crippen molar-refractivity contribution in [1.29, 1.82) is 0 Å². The first-order valence-electron chi connectivity index (χ1n) is 26.0. The summed E-state index contributed by atoms with van der Waals surface area (Å²) in [5.74, 6) is 1.77. The van der Waals surface area contributed by atoms with E-state index in [9.17, 15) is 0 Å². The molecule has 6 heteroatoms. The Balaban J connectivity index is 1.16. The molecule has 1 aromatic heterocycles. The fourth-order valence-electron chi connectivity index (χ4n) is 12.6. The lowest BCUT2D eigenvalue weighted by Crippen LogP contribution is -2.61. The minimum atomic E-state index is -0.267. The number of fused-ring (bicyclic) bond motifs is 11. The number of rotatable bonds is 4. The summed E-state index contributed by atoms with van der Waals surface area (Å²) >= 11 is 1.80. The van der Waals surface area contributed by atoms with Crippen LogP contribution in [0.5, 0.6) is 11.5 Å². The number of para-hydroxylation sites is 2. The van der Waals surface area contributed by atoms with Crippen molar-refractivity contribution >= 4 is 79.9 Å². The van der Waals surface area contributed by atoms with E-state index in [1.807, 2.05) is 0 Å². The number of nitrogens with zero attached hydrogens (tertiary/aromatic N) is 2. The van der Waals surface area contributed by atoms with Crippen LogP contribution in [0.15, 0.2) is 190 Å². The predicted molar refractivity (Wildman–Crippen MR) is 308 cm³/mol. The molecule has 0 N–H and O–H groups in total. The number of furan rings is 1. The lowest BCUT2D eigenvalue weighted by molar-refractivity contribution is 0.332. The molecule has 10 aromatic rings. The number of benzene rings is 9. The van der Waals surface area contributed by atoms with Gasteiger partial charge in [0.15, 0.2) is 0 Å². The SMILES string of the molecule is Cc1cc2c(cc1N1c3cc4c(cc3B3c5c(cc(-c6ccccc6)cc51)-c1c(ccc5oc6ccccc6c15)N3c1ccc(C(C)(C)C)cc1-c1ccccc1)Oc1ccccc1S4)C(C)(C)CCC2(C)C. The Morgan fingerprint density at radius 1 is 0.534 bits per heavy atom. The van der Waals surface area contributed by atoms with E-state index in [0.717, 1.165) is 73.1 Å². The van der Waals surface area contributed by atoms with Gasteiger partial charge in [0.1, 0.15) is 22.7 Å². The first kappa shape index (κ1) is 44.3. The van der Waals surface area contributed by atoms with Crippen molar-refractivity contribution < 1.29 is 9.15 Å². The standard InChI is InChI=1S/C67H57BN2O2S/c1-40-33-48-49(67(7,8)32-31-66(48,5)6)37-53(40)69-54-39-61-59(72-57-25-17-18-26-60(57)73-61)38-50(54)68-64-47(34-43(35-55(64)69)41-19-11-9-12-20-41)62-52(29-30-58-63(62)45-23-15-16-24-56(45)71-58)70(68)51-28-27-44(65(2,3)4)36-46(51)42-21-13-10-14-22-42/h9-30,33-39H,31-32H2,1-8H3. The predicted octanol–water partition coefficient (Wildman–Crippen LogP) is 17.8. The molecule has 14 rings (SSSR count). The Hall–Kier alpha value is -7.41. The average molecular weight is 965 g/mol. The third kappa shape index (κ3) is 6.75. The van der Waals surface area contributed by atoms with Crippen LogP contribution in [0.4, 0.5) is 28.4 Å². The van der Waals surface area contributed by atoms with E-state index in [-0.39, 0.29) is 23.1 Å². The summed E-state index contributed by atoms with van der Waals surface area (Å²) in [6.45, 7) is 18.8. The van der Waals surface area contributed by atoms with Gasteiger partial charge in [-0.2, -0.15) is 0 Å². The maximum absolute atomic E-state index is 7.02. The Morgan fingerprint density at radius 2 is 1.22 bits per heavy atom. The molecule has 356 valence electrons. The molecule has 0 fully saturated rings. The monoisotopic (exact) mass is 964 g/mol. The van der Waals surface area contributed by atoms with Gasteiger partial charge in [-0.1, -0.05) is 163 Å². The smallest absolute Gasteiger partial charge is 0.333 e. The number of hydrogen-bond acceptors (Lipinski definition) is 5. The van der Waals surface area contributed by atoms with Crippen LogP contribution >= 0.6 is 11.8 Å². The maximum atomic E-state index is 7.02. The summed E-state index contributed by atoms with van der Waals surface area (Å²) < 4.78 is 13.8. The van der Waals surface area contributed by atoms with Gasteiger partial charge in [-0.05, 0) is 164 Å². The van der Waals surface area contributed by atoms with Crippen LogP contribution in [0.3, 0.4) is 0 Å². The summed E-state index contributed by atoms with van der Waals surface area (Å²) in [5.41, 5.74) is 22.6. The Bertz CT molecular complexity index is 3940. The quantitative estimate of drug-likeness (QED) is 0.164. The second-order valence-corrected chi connectivity index (χ2v) is 24.3. The van der Waals surface area contributed by atoms with Gasteiger partial charge in [0.2, 0.25) is 0 Å². The van der Waals surface area contributed by atoms with Gasteiger partial charge in [-0.15, -0.1) is 0 Å². The zero-order valence-corrected chi connectivity index (χ0v) is 43.7. The van der Waals surface area contributed by atoms with Crippen molar-refractivity contribution in [2.75, 3.05) is 9.71 Å². The normalized spacial score (nSPS) is 15.8. The van der Waals surface area contributed by atoms with E-state index < -0.39 is 0 Å². The summed E-state index contributed by atoms with van der Waals surface area (Å²) in [6.07, 6.45) is 2.29. The van der Waals surface area contributed by atoms with Crippen LogP contribution in [0.1, 0.15) is 83.6 Å². The maximum Gasteiger partial charge on any atom is 0.333 e. The largest absolute Gasteiger partial charge is 0.456 e. The number of anilines is 5. The lowest BCUT2D eigenvalue weighted by Gasteiger charge is -2.48. The van der Waals surface area contributed by atoms with E-state index >= 15 is 0 Å². The molecule has 1 aliphatic carbocycles. The van der Waals surface area contributed by atoms with Crippen LogP contribution in [0, 0.1) is 6.92 Å². The van der Waals surface area contributed by atoms with Crippen molar-refractivity contribution in [2.24, 2.45) is 0 Å². The van der Waals surface area contributed by atoms with E-state index in [4.69, 9.17) is 9.15 Å². The van der Waals surface area contributed by atoms with Gasteiger partial charge < -0.3 is 18.9 Å². The zero-order chi connectivity index (χ0) is 49.7. The zero-order valence-electron chi connectivity index (χ0n) is 42.9. The molecule has 3 aliphatic heterocycles. The summed E-state index contributed by atoms with van der Waals surface area (Å²) in [7, 11) is 0. The highest BCUT2D eigenvalue weighted by molar-refractivity contribution is 7.99. The average Bonchev–Trinajstić information content (AvgIpc) is 3.78. The third-order valence-electron chi connectivity index (χ3n) is 16.6. The Kier molecular flexibility index (Phi) is 9.59. The fourth-order valence-corrected chi connectivity index (χ4v) is 13.6. The molecular formula is C67H57BN2O2S. The van der Waals surface area contributed by atoms with Gasteiger partial charge in [-0.25, -0.2) is 0 Å². The first-order valence-corrected chi connectivity index (χ1v) is 26.8. The highest BCUT2D eigenvalue weighted by atomic mass is 32.2. The van der Waals surface area contributed by atoms with Crippen LogP contribution in [-0.4, -0.2) is 6.85 Å². The van der Waals surface area contributed by atoms with Gasteiger partial charge in [0, 0.05) is 50.3 Å². The topological polar surface area (TPSA) is 28.9 Å². The van der Waals surface area contributed by atoms with E-state index in [2.05, 4.69) is 241 Å². The van der Waals surface area contributed by atoms with Gasteiger partial charge in [0.05, 0.1) is 9.79 Å². The minimum absolute atomic E-state index is 0.000233. The molecule has 0 radical (unpaired) electrons. The van der Waals surface area contributed by atoms with E-state index in [1.165, 1.54) is 77.9 Å². The second-order valence-electron chi connectivity index (χ2n) is 23.2. The molecule has 4 aliphatic rings. The minimum Gasteiger partial charge on any atom is -0.456 e. The third-order valence-corrected chi connectivity index (χ3v) is 17.7. The number of hydrogen-bond donors (Lipinski definition) is 0. The summed E-state index contributed by atoms with van der Waals surface area (Å²) in [6, 6.07) is 65.7. The molecule has 9 aromatic carbocycles. The van der Waals surface area contributed by atoms with Crippen LogP contribution in [0.25, 0.3) is 55.3 Å². The Labute approximate surface area is 433 Å². The summed E-state index contributed by atoms with van der Waals surface area (Å²) in [4.78, 5) is 7.55. The molecule has 0 unspecified atom stereocenters. The molecule has 0 saturated heterocycles. The van der Waals surface area contributed by atoms with Crippen molar-refractivity contribution in [1.82, 2.24) is 0 Å². The molecule has 4 heterocycles. The van der Waals surface area contributed by atoms with E-state index in [1.54, 1.807) is 11.8 Å². The molecule has 0 spiro atoms. The first-order chi connectivity index (χ1) is 35.2. The number of ether oxygens (including phenoxy) is 1.